The van der Waals surface area contributed by atoms with Crippen molar-refractivity contribution in [2.24, 2.45) is 16.3 Å². The summed E-state index contributed by atoms with van der Waals surface area (Å²) in [6.07, 6.45) is 9.23. The summed E-state index contributed by atoms with van der Waals surface area (Å²) in [5.74, 6) is 2.37. The molecule has 0 aliphatic heterocycles. The fourth-order valence-electron chi connectivity index (χ4n) is 4.38. The summed E-state index contributed by atoms with van der Waals surface area (Å²) >= 11 is 0. The predicted octanol–water partition coefficient (Wildman–Crippen LogP) is 8.81. The molecule has 2 unspecified atom stereocenters. The van der Waals surface area contributed by atoms with E-state index >= 15 is 0 Å². The first-order valence-electron chi connectivity index (χ1n) is 16.0. The summed E-state index contributed by atoms with van der Waals surface area (Å²) in [5, 5.41) is 6.02. The quantitative estimate of drug-likeness (QED) is 0.0976. The van der Waals surface area contributed by atoms with Crippen molar-refractivity contribution in [1.29, 1.82) is 0 Å². The fraction of sp³-hybridized carbons (Fsp3) is 0.487. The van der Waals surface area contributed by atoms with E-state index in [-0.39, 0.29) is 17.4 Å². The zero-order chi connectivity index (χ0) is 33.4. The van der Waals surface area contributed by atoms with E-state index in [1.54, 1.807) is 6.92 Å². The van der Waals surface area contributed by atoms with E-state index in [0.717, 1.165) is 19.5 Å². The zero-order valence-corrected chi connectivity index (χ0v) is 29.2. The van der Waals surface area contributed by atoms with Crippen LogP contribution in [0.5, 0.6) is 0 Å². The summed E-state index contributed by atoms with van der Waals surface area (Å²) in [6.45, 7) is 18.8. The minimum Gasteiger partial charge on any atom is -0.468 e. The average molecular weight is 602 g/mol. The molecule has 0 spiro atoms. The highest BCUT2D eigenvalue weighted by Crippen LogP contribution is 2.30. The Hall–Kier alpha value is -3.62. The van der Waals surface area contributed by atoms with Gasteiger partial charge in [0.05, 0.1) is 13.4 Å². The van der Waals surface area contributed by atoms with Crippen LogP contribution in [-0.2, 0) is 22.5 Å². The summed E-state index contributed by atoms with van der Waals surface area (Å²) in [5.41, 5.74) is 2.63. The van der Waals surface area contributed by atoms with Gasteiger partial charge in [0.1, 0.15) is 6.04 Å². The molecule has 3 aromatic carbocycles. The second-order valence-corrected chi connectivity index (χ2v) is 11.6. The molecule has 242 valence electrons. The van der Waals surface area contributed by atoms with E-state index < -0.39 is 0 Å². The number of aliphatic imine (C=N–C) groups is 1. The van der Waals surface area contributed by atoms with E-state index in [9.17, 15) is 4.79 Å². The molecule has 3 rings (SSSR count). The first kappa shape index (κ1) is 40.4. The first-order chi connectivity index (χ1) is 21.1. The standard InChI is InChI=1S/C31H41N3O2.C3H8.C3H4.C2H6/c1-31(2,3)28(20-25-15-16-26-13-9-10-14-27(26)19-25)21-33-29(30(35)36-5)17-18-32-23-34(4)22-24-11-7-6-8-12-24;2*1-3-2;1-2/h6-16,19,23,28-29,33H,17-18,20-22H2,1-5H3;3H2,1-2H3;1H,2H3;1-2H3. The van der Waals surface area contributed by atoms with Gasteiger partial charge in [-0.15, -0.1) is 12.3 Å². The number of carbonyl (C=O) groups is 1. The van der Waals surface area contributed by atoms with Crippen LogP contribution >= 0.6 is 0 Å². The maximum Gasteiger partial charge on any atom is 0.322 e. The predicted molar refractivity (Wildman–Crippen MR) is 192 cm³/mol. The van der Waals surface area contributed by atoms with E-state index in [1.807, 2.05) is 45.4 Å². The minimum atomic E-state index is -0.381. The van der Waals surface area contributed by atoms with Crippen LogP contribution in [0.2, 0.25) is 0 Å². The number of methoxy groups -OCH3 is 1. The van der Waals surface area contributed by atoms with Gasteiger partial charge >= 0.3 is 5.97 Å². The number of ether oxygens (including phenoxy) is 1. The number of carbonyl (C=O) groups excluding carboxylic acids is 1. The minimum absolute atomic E-state index is 0.0810. The van der Waals surface area contributed by atoms with Crippen molar-refractivity contribution in [1.82, 2.24) is 10.2 Å². The maximum atomic E-state index is 12.5. The van der Waals surface area contributed by atoms with Crippen LogP contribution in [0, 0.1) is 23.7 Å². The van der Waals surface area contributed by atoms with Crippen molar-refractivity contribution < 1.29 is 9.53 Å². The lowest BCUT2D eigenvalue weighted by Crippen LogP contribution is -2.43. The summed E-state index contributed by atoms with van der Waals surface area (Å²) in [4.78, 5) is 19.1. The van der Waals surface area contributed by atoms with Crippen molar-refractivity contribution >= 4 is 23.1 Å². The molecule has 0 bridgehead atoms. The molecule has 1 N–H and O–H groups in total. The molecule has 0 saturated heterocycles. The van der Waals surface area contributed by atoms with E-state index in [4.69, 9.17) is 4.74 Å². The lowest BCUT2D eigenvalue weighted by atomic mass is 9.77. The Labute approximate surface area is 269 Å². The third-order valence-electron chi connectivity index (χ3n) is 6.72. The topological polar surface area (TPSA) is 53.9 Å². The molecule has 3 aromatic rings. The van der Waals surface area contributed by atoms with Crippen molar-refractivity contribution in [3.05, 3.63) is 83.9 Å². The van der Waals surface area contributed by atoms with Crippen molar-refractivity contribution in [3.63, 3.8) is 0 Å². The summed E-state index contributed by atoms with van der Waals surface area (Å²) < 4.78 is 5.09. The molecule has 2 atom stereocenters. The molecule has 0 fully saturated rings. The summed E-state index contributed by atoms with van der Waals surface area (Å²) in [6, 6.07) is 25.1. The molecular weight excluding hydrogens is 542 g/mol. The van der Waals surface area contributed by atoms with Crippen LogP contribution < -0.4 is 5.32 Å². The Morgan fingerprint density at radius 1 is 1.00 bits per heavy atom. The Kier molecular flexibility index (Phi) is 21.8. The lowest BCUT2D eigenvalue weighted by Gasteiger charge is -2.32. The largest absolute Gasteiger partial charge is 0.468 e. The zero-order valence-electron chi connectivity index (χ0n) is 29.2. The third kappa shape index (κ3) is 16.9. The molecule has 0 aliphatic rings. The van der Waals surface area contributed by atoms with Crippen LogP contribution in [0.25, 0.3) is 10.8 Å². The number of hydrogen-bond acceptors (Lipinski definition) is 4. The smallest absolute Gasteiger partial charge is 0.322 e. The number of nitrogens with one attached hydrogen (secondary N) is 1. The highest BCUT2D eigenvalue weighted by atomic mass is 16.5. The summed E-state index contributed by atoms with van der Waals surface area (Å²) in [7, 11) is 3.46. The Morgan fingerprint density at radius 2 is 1.57 bits per heavy atom. The second kappa shape index (κ2) is 23.8. The Morgan fingerprint density at radius 3 is 2.14 bits per heavy atom. The lowest BCUT2D eigenvalue weighted by molar-refractivity contribution is -0.143. The van der Waals surface area contributed by atoms with Crippen LogP contribution in [-0.4, -0.2) is 50.5 Å². The maximum absolute atomic E-state index is 12.5. The molecule has 5 nitrogen and oxygen atoms in total. The van der Waals surface area contributed by atoms with Crippen LogP contribution in [0.15, 0.2) is 77.8 Å². The number of hydrogen-bond donors (Lipinski definition) is 1. The molecular formula is C39H59N3O2. The van der Waals surface area contributed by atoms with Crippen molar-refractivity contribution in [2.45, 2.75) is 87.2 Å². The first-order valence-corrected chi connectivity index (χ1v) is 16.0. The number of esters is 1. The van der Waals surface area contributed by atoms with Gasteiger partial charge in [0.25, 0.3) is 0 Å². The molecule has 0 heterocycles. The average Bonchev–Trinajstić information content (AvgIpc) is 3.01. The van der Waals surface area contributed by atoms with Gasteiger partial charge in [0.15, 0.2) is 0 Å². The van der Waals surface area contributed by atoms with E-state index in [2.05, 4.69) is 117 Å². The van der Waals surface area contributed by atoms with E-state index in [1.165, 1.54) is 35.4 Å². The van der Waals surface area contributed by atoms with Gasteiger partial charge < -0.3 is 15.0 Å². The van der Waals surface area contributed by atoms with Gasteiger partial charge in [-0.1, -0.05) is 128 Å². The second-order valence-electron chi connectivity index (χ2n) is 11.6. The normalized spacial score (nSPS) is 11.8. The SMILES string of the molecule is C#CC.CC.CCC.COC(=O)C(CCN=CN(C)Cc1ccccc1)NCC(Cc1ccc2ccccc2c1)C(C)(C)C. The Bertz CT molecular complexity index is 1230. The molecule has 5 heteroatoms. The third-order valence-corrected chi connectivity index (χ3v) is 6.72. The van der Waals surface area contributed by atoms with Crippen LogP contribution in [0.3, 0.4) is 0 Å². The molecule has 0 aliphatic carbocycles. The molecule has 44 heavy (non-hydrogen) atoms. The van der Waals surface area contributed by atoms with Gasteiger partial charge in [-0.2, -0.15) is 0 Å². The Balaban J connectivity index is 0.00000209. The highest BCUT2D eigenvalue weighted by Gasteiger charge is 2.27. The molecule has 0 aromatic heterocycles. The van der Waals surface area contributed by atoms with Crippen molar-refractivity contribution in [3.8, 4) is 12.3 Å². The van der Waals surface area contributed by atoms with Crippen LogP contribution in [0.1, 0.15) is 79.4 Å². The number of terminal acetylenes is 1. The number of benzene rings is 3. The number of rotatable bonds is 12. The van der Waals surface area contributed by atoms with Gasteiger partial charge in [-0.3, -0.25) is 9.79 Å². The fourth-order valence-corrected chi connectivity index (χ4v) is 4.38. The van der Waals surface area contributed by atoms with Gasteiger partial charge in [0.2, 0.25) is 0 Å². The highest BCUT2D eigenvalue weighted by molar-refractivity contribution is 5.83. The molecule has 0 saturated carbocycles. The monoisotopic (exact) mass is 601 g/mol. The van der Waals surface area contributed by atoms with E-state index in [0.29, 0.717) is 18.9 Å². The van der Waals surface area contributed by atoms with Crippen LogP contribution in [0.4, 0.5) is 0 Å². The van der Waals surface area contributed by atoms with Gasteiger partial charge in [0, 0.05) is 20.1 Å². The molecule has 0 radical (unpaired) electrons. The molecule has 0 amide bonds. The van der Waals surface area contributed by atoms with Gasteiger partial charge in [-0.05, 0) is 59.5 Å². The van der Waals surface area contributed by atoms with Gasteiger partial charge in [-0.25, -0.2) is 0 Å². The number of nitrogens with zero attached hydrogens (tertiary/aromatic N) is 2. The number of fused-ring (bicyclic) bond motifs is 1. The van der Waals surface area contributed by atoms with Crippen molar-refractivity contribution in [2.75, 3.05) is 27.2 Å².